The van der Waals surface area contributed by atoms with Crippen LogP contribution in [0.15, 0.2) is 42.5 Å². The summed E-state index contributed by atoms with van der Waals surface area (Å²) in [6.07, 6.45) is 4.61. The highest BCUT2D eigenvalue weighted by atomic mass is 35.5. The van der Waals surface area contributed by atoms with Gasteiger partial charge in [0.2, 0.25) is 0 Å². The summed E-state index contributed by atoms with van der Waals surface area (Å²) in [6.45, 7) is 4.71. The van der Waals surface area contributed by atoms with Crippen molar-refractivity contribution < 1.29 is 18.7 Å². The van der Waals surface area contributed by atoms with Crippen molar-refractivity contribution in [3.8, 4) is 16.9 Å². The molecule has 0 aromatic heterocycles. The monoisotopic (exact) mass is 460 g/mol. The number of carbonyl (C=O) groups excluding carboxylic acids is 1. The molecule has 2 aromatic rings. The first-order chi connectivity index (χ1) is 15.5. The lowest BCUT2D eigenvalue weighted by Gasteiger charge is -2.29. The minimum atomic E-state index is -1.49. The van der Waals surface area contributed by atoms with E-state index < -0.39 is 12.1 Å². The average Bonchev–Trinajstić information content (AvgIpc) is 2.82. The van der Waals surface area contributed by atoms with E-state index in [1.54, 1.807) is 0 Å². The molecule has 0 N–H and O–H groups in total. The molecule has 1 aliphatic carbocycles. The minimum absolute atomic E-state index is 0.159. The quantitative estimate of drug-likeness (QED) is 0.338. The molecule has 32 heavy (non-hydrogen) atoms. The van der Waals surface area contributed by atoms with Crippen LogP contribution in [0.4, 0.5) is 4.39 Å². The van der Waals surface area contributed by atoms with E-state index in [4.69, 9.17) is 21.1 Å². The fraction of sp³-hybridized carbons (Fsp3) is 0.519. The molecule has 0 amide bonds. The number of alkyl halides is 1. The van der Waals surface area contributed by atoms with Crippen LogP contribution >= 0.6 is 11.6 Å². The largest absolute Gasteiger partial charge is 0.492 e. The average molecular weight is 461 g/mol. The van der Waals surface area contributed by atoms with E-state index in [9.17, 15) is 9.18 Å². The van der Waals surface area contributed by atoms with Gasteiger partial charge in [-0.1, -0.05) is 68.6 Å². The summed E-state index contributed by atoms with van der Waals surface area (Å²) in [5.74, 6) is 0.473. The Balaban J connectivity index is 1.53. The maximum atomic E-state index is 13.9. The molecule has 0 radical (unpaired) electrons. The second kappa shape index (κ2) is 12.2. The summed E-state index contributed by atoms with van der Waals surface area (Å²) in [7, 11) is 0. The van der Waals surface area contributed by atoms with Crippen molar-refractivity contribution in [2.24, 2.45) is 0 Å². The van der Waals surface area contributed by atoms with Gasteiger partial charge in [0.25, 0.3) is 0 Å². The van der Waals surface area contributed by atoms with Gasteiger partial charge in [0.05, 0.1) is 11.6 Å². The Morgan fingerprint density at radius 2 is 1.72 bits per heavy atom. The molecule has 2 aromatic carbocycles. The standard InChI is InChI=1S/C27H34ClFO3/c1-3-5-6-25(29)27(30)32-23-14-11-20(12-15-23)19-7-9-21(10-8-19)22-13-16-26(24(28)18-22)31-17-4-2/h7-10,13,16,18,20,23,25H,3-6,11-12,14-15,17H2,1-2H3/t20?,23?,25-/m0/s1. The number of carbonyl (C=O) groups is 1. The smallest absolute Gasteiger partial charge is 0.340 e. The minimum Gasteiger partial charge on any atom is -0.492 e. The Morgan fingerprint density at radius 1 is 1.03 bits per heavy atom. The van der Waals surface area contributed by atoms with Crippen molar-refractivity contribution in [2.45, 2.75) is 83.4 Å². The van der Waals surface area contributed by atoms with Gasteiger partial charge in [-0.3, -0.25) is 0 Å². The maximum absolute atomic E-state index is 13.9. The molecule has 1 atom stereocenters. The zero-order valence-corrected chi connectivity index (χ0v) is 19.9. The van der Waals surface area contributed by atoms with Gasteiger partial charge in [-0.2, -0.15) is 0 Å². The number of hydrogen-bond donors (Lipinski definition) is 0. The lowest BCUT2D eigenvalue weighted by Crippen LogP contribution is -2.28. The van der Waals surface area contributed by atoms with Crippen LogP contribution in [-0.2, 0) is 9.53 Å². The van der Waals surface area contributed by atoms with Crippen LogP contribution in [0.2, 0.25) is 5.02 Å². The van der Waals surface area contributed by atoms with Crippen molar-refractivity contribution in [3.05, 3.63) is 53.1 Å². The van der Waals surface area contributed by atoms with Crippen molar-refractivity contribution in [1.82, 2.24) is 0 Å². The molecular weight excluding hydrogens is 427 g/mol. The van der Waals surface area contributed by atoms with Crippen molar-refractivity contribution in [2.75, 3.05) is 6.61 Å². The van der Waals surface area contributed by atoms with Crippen molar-refractivity contribution >= 4 is 17.6 Å². The molecule has 0 spiro atoms. The van der Waals surface area contributed by atoms with Gasteiger partial charge in [0, 0.05) is 0 Å². The Kier molecular flexibility index (Phi) is 9.40. The highest BCUT2D eigenvalue weighted by Crippen LogP contribution is 2.36. The first kappa shape index (κ1) is 24.6. The molecule has 0 bridgehead atoms. The van der Waals surface area contributed by atoms with Crippen LogP contribution in [0.1, 0.15) is 76.7 Å². The fourth-order valence-electron chi connectivity index (χ4n) is 4.21. The van der Waals surface area contributed by atoms with E-state index in [1.807, 2.05) is 25.1 Å². The van der Waals surface area contributed by atoms with E-state index in [-0.39, 0.29) is 12.5 Å². The first-order valence-corrected chi connectivity index (χ1v) is 12.3. The van der Waals surface area contributed by atoms with Crippen molar-refractivity contribution in [1.29, 1.82) is 0 Å². The molecule has 1 saturated carbocycles. The maximum Gasteiger partial charge on any atom is 0.340 e. The van der Waals surface area contributed by atoms with Gasteiger partial charge >= 0.3 is 5.97 Å². The normalized spacial score (nSPS) is 19.4. The second-order valence-electron chi connectivity index (χ2n) is 8.64. The van der Waals surface area contributed by atoms with Gasteiger partial charge in [-0.05, 0) is 73.3 Å². The van der Waals surface area contributed by atoms with Gasteiger partial charge in [-0.15, -0.1) is 0 Å². The summed E-state index contributed by atoms with van der Waals surface area (Å²) in [5, 5.41) is 0.623. The SMILES string of the molecule is CCCC[C@H](F)C(=O)OC1CCC(c2ccc(-c3ccc(OCCC)c(Cl)c3)cc2)CC1. The zero-order valence-electron chi connectivity index (χ0n) is 19.1. The molecular formula is C27H34ClFO3. The predicted molar refractivity (Wildman–Crippen MR) is 128 cm³/mol. The van der Waals surface area contributed by atoms with Crippen LogP contribution in [-0.4, -0.2) is 24.9 Å². The Morgan fingerprint density at radius 3 is 2.34 bits per heavy atom. The van der Waals surface area contributed by atoms with E-state index in [2.05, 4.69) is 31.2 Å². The molecule has 0 heterocycles. The van der Waals surface area contributed by atoms with Crippen LogP contribution in [0.5, 0.6) is 5.75 Å². The number of halogens is 2. The number of esters is 1. The van der Waals surface area contributed by atoms with E-state index in [1.165, 1.54) is 5.56 Å². The third-order valence-corrected chi connectivity index (χ3v) is 6.43. The molecule has 174 valence electrons. The fourth-order valence-corrected chi connectivity index (χ4v) is 4.45. The van der Waals surface area contributed by atoms with Crippen molar-refractivity contribution in [3.63, 3.8) is 0 Å². The van der Waals surface area contributed by atoms with Gasteiger partial charge in [0.1, 0.15) is 11.9 Å². The lowest BCUT2D eigenvalue weighted by atomic mass is 9.82. The topological polar surface area (TPSA) is 35.5 Å². The summed E-state index contributed by atoms with van der Waals surface area (Å²) in [6, 6.07) is 14.5. The third-order valence-electron chi connectivity index (χ3n) is 6.13. The Labute approximate surface area is 196 Å². The van der Waals surface area contributed by atoms with Gasteiger partial charge in [0.15, 0.2) is 6.17 Å². The van der Waals surface area contributed by atoms with Gasteiger partial charge in [-0.25, -0.2) is 9.18 Å². The van der Waals surface area contributed by atoms with E-state index in [0.717, 1.165) is 55.4 Å². The summed E-state index contributed by atoms with van der Waals surface area (Å²) in [5.41, 5.74) is 3.46. The molecule has 0 aliphatic heterocycles. The summed E-state index contributed by atoms with van der Waals surface area (Å²) in [4.78, 5) is 11.9. The number of ether oxygens (including phenoxy) is 2. The summed E-state index contributed by atoms with van der Waals surface area (Å²) >= 11 is 6.38. The number of benzene rings is 2. The molecule has 3 rings (SSSR count). The van der Waals surface area contributed by atoms with Crippen LogP contribution in [0.3, 0.4) is 0 Å². The van der Waals surface area contributed by atoms with Crippen LogP contribution in [0.25, 0.3) is 11.1 Å². The molecule has 5 heteroatoms. The predicted octanol–water partition coefficient (Wildman–Crippen LogP) is 7.89. The zero-order chi connectivity index (χ0) is 22.9. The van der Waals surface area contributed by atoms with Crippen LogP contribution in [0, 0.1) is 0 Å². The molecule has 3 nitrogen and oxygen atoms in total. The number of hydrogen-bond acceptors (Lipinski definition) is 3. The second-order valence-corrected chi connectivity index (χ2v) is 9.04. The highest BCUT2D eigenvalue weighted by molar-refractivity contribution is 6.32. The molecule has 0 unspecified atom stereocenters. The van der Waals surface area contributed by atoms with Crippen LogP contribution < -0.4 is 4.74 Å². The highest BCUT2D eigenvalue weighted by Gasteiger charge is 2.27. The molecule has 1 fully saturated rings. The number of rotatable bonds is 10. The lowest BCUT2D eigenvalue weighted by molar-refractivity contribution is -0.157. The summed E-state index contributed by atoms with van der Waals surface area (Å²) < 4.78 is 24.9. The van der Waals surface area contributed by atoms with E-state index in [0.29, 0.717) is 24.0 Å². The Hall–Kier alpha value is -2.07. The van der Waals surface area contributed by atoms with Gasteiger partial charge < -0.3 is 9.47 Å². The molecule has 1 aliphatic rings. The van der Waals surface area contributed by atoms with E-state index >= 15 is 0 Å². The third kappa shape index (κ3) is 6.71. The molecule has 0 saturated heterocycles. The Bertz CT molecular complexity index is 860. The first-order valence-electron chi connectivity index (χ1n) is 11.9. The number of unbranched alkanes of at least 4 members (excludes halogenated alkanes) is 1.